The predicted octanol–water partition coefficient (Wildman–Crippen LogP) is 2.94. The fraction of sp³-hybridized carbons (Fsp3) is 0.600. The number of nitrogens with zero attached hydrogens (tertiary/aromatic N) is 1. The van der Waals surface area contributed by atoms with Gasteiger partial charge in [-0.25, -0.2) is 4.39 Å². The fourth-order valence-corrected chi connectivity index (χ4v) is 2.08. The maximum atomic E-state index is 13.4. The lowest BCUT2D eigenvalue weighted by molar-refractivity contribution is 0.216. The molecule has 1 aromatic carbocycles. The van der Waals surface area contributed by atoms with Crippen LogP contribution in [0.2, 0.25) is 0 Å². The first-order chi connectivity index (χ1) is 8.40. The summed E-state index contributed by atoms with van der Waals surface area (Å²) in [5, 5.41) is 8.93. The van der Waals surface area contributed by atoms with Crippen molar-refractivity contribution >= 4 is 0 Å². The zero-order valence-electron chi connectivity index (χ0n) is 11.8. The van der Waals surface area contributed by atoms with E-state index in [1.807, 2.05) is 18.0 Å². The van der Waals surface area contributed by atoms with Crippen molar-refractivity contribution < 1.29 is 9.50 Å². The number of aliphatic hydroxyl groups excluding tert-OH is 1. The van der Waals surface area contributed by atoms with Gasteiger partial charge in [-0.05, 0) is 42.1 Å². The van der Waals surface area contributed by atoms with E-state index in [1.165, 1.54) is 11.6 Å². The molecule has 1 aromatic rings. The Morgan fingerprint density at radius 3 is 2.56 bits per heavy atom. The van der Waals surface area contributed by atoms with Crippen molar-refractivity contribution in [3.63, 3.8) is 0 Å². The van der Waals surface area contributed by atoms with Gasteiger partial charge in [-0.3, -0.25) is 4.90 Å². The minimum atomic E-state index is -0.196. The highest BCUT2D eigenvalue weighted by Crippen LogP contribution is 2.30. The van der Waals surface area contributed by atoms with Gasteiger partial charge in [-0.1, -0.05) is 26.8 Å². The van der Waals surface area contributed by atoms with Crippen LogP contribution in [0.5, 0.6) is 0 Å². The number of likely N-dealkylation sites (N-methyl/N-ethyl adjacent to an activating group) is 1. The molecule has 18 heavy (non-hydrogen) atoms. The van der Waals surface area contributed by atoms with Crippen LogP contribution >= 0.6 is 0 Å². The summed E-state index contributed by atoms with van der Waals surface area (Å²) in [6.45, 7) is 7.88. The van der Waals surface area contributed by atoms with Crippen molar-refractivity contribution in [2.75, 3.05) is 20.2 Å². The van der Waals surface area contributed by atoms with Crippen molar-refractivity contribution in [2.24, 2.45) is 0 Å². The van der Waals surface area contributed by atoms with Gasteiger partial charge in [0.2, 0.25) is 0 Å². The Kier molecular flexibility index (Phi) is 5.29. The molecular weight excluding hydrogens is 229 g/mol. The number of hydrogen-bond donors (Lipinski definition) is 1. The lowest BCUT2D eigenvalue weighted by Crippen LogP contribution is -2.25. The Bertz CT molecular complexity index is 390. The molecule has 0 heterocycles. The van der Waals surface area contributed by atoms with Crippen molar-refractivity contribution in [3.05, 3.63) is 35.1 Å². The number of halogens is 1. The normalized spacial score (nSPS) is 12.2. The lowest BCUT2D eigenvalue weighted by atomic mass is 9.79. The van der Waals surface area contributed by atoms with E-state index in [0.717, 1.165) is 12.0 Å². The Morgan fingerprint density at radius 2 is 2.00 bits per heavy atom. The minimum absolute atomic E-state index is 0.0447. The summed E-state index contributed by atoms with van der Waals surface area (Å²) in [6, 6.07) is 5.03. The largest absolute Gasteiger partial charge is 0.395 e. The van der Waals surface area contributed by atoms with Crippen LogP contribution in [0, 0.1) is 5.82 Å². The number of hydrogen-bond acceptors (Lipinski definition) is 2. The van der Waals surface area contributed by atoms with E-state index < -0.39 is 0 Å². The molecule has 0 aliphatic heterocycles. The van der Waals surface area contributed by atoms with Crippen LogP contribution in [-0.4, -0.2) is 30.2 Å². The van der Waals surface area contributed by atoms with E-state index in [0.29, 0.717) is 13.1 Å². The third-order valence-corrected chi connectivity index (χ3v) is 3.60. The van der Waals surface area contributed by atoms with E-state index >= 15 is 0 Å². The highest BCUT2D eigenvalue weighted by Gasteiger charge is 2.22. The van der Waals surface area contributed by atoms with Gasteiger partial charge < -0.3 is 5.11 Å². The molecule has 0 atom stereocenters. The van der Waals surface area contributed by atoms with Crippen molar-refractivity contribution in [3.8, 4) is 0 Å². The predicted molar refractivity (Wildman–Crippen MR) is 73.1 cm³/mol. The van der Waals surface area contributed by atoms with Crippen LogP contribution in [0.25, 0.3) is 0 Å². The summed E-state index contributed by atoms with van der Waals surface area (Å²) in [4.78, 5) is 2.00. The first kappa shape index (κ1) is 15.1. The highest BCUT2D eigenvalue weighted by molar-refractivity contribution is 5.33. The van der Waals surface area contributed by atoms with Gasteiger partial charge >= 0.3 is 0 Å². The van der Waals surface area contributed by atoms with Gasteiger partial charge in [0.1, 0.15) is 5.82 Å². The maximum Gasteiger partial charge on any atom is 0.123 e. The fourth-order valence-electron chi connectivity index (χ4n) is 2.08. The zero-order chi connectivity index (χ0) is 13.8. The summed E-state index contributed by atoms with van der Waals surface area (Å²) >= 11 is 0. The molecule has 0 spiro atoms. The molecule has 0 bridgehead atoms. The van der Waals surface area contributed by atoms with Crippen LogP contribution in [0.1, 0.15) is 38.3 Å². The minimum Gasteiger partial charge on any atom is -0.395 e. The average Bonchev–Trinajstić information content (AvgIpc) is 2.29. The number of benzene rings is 1. The molecule has 0 saturated heterocycles. The Hall–Kier alpha value is -0.930. The molecule has 3 heteroatoms. The van der Waals surface area contributed by atoms with E-state index in [9.17, 15) is 4.39 Å². The van der Waals surface area contributed by atoms with E-state index in [4.69, 9.17) is 5.11 Å². The van der Waals surface area contributed by atoms with E-state index in [-0.39, 0.29) is 17.8 Å². The molecule has 0 aromatic heterocycles. The third kappa shape index (κ3) is 3.79. The topological polar surface area (TPSA) is 23.5 Å². The molecule has 1 N–H and O–H groups in total. The summed E-state index contributed by atoms with van der Waals surface area (Å²) in [5.41, 5.74) is 2.25. The van der Waals surface area contributed by atoms with Gasteiger partial charge in [0.15, 0.2) is 0 Å². The first-order valence-electron chi connectivity index (χ1n) is 6.49. The molecule has 2 nitrogen and oxygen atoms in total. The molecule has 0 unspecified atom stereocenters. The first-order valence-corrected chi connectivity index (χ1v) is 6.49. The molecule has 0 radical (unpaired) electrons. The molecule has 102 valence electrons. The maximum absolute atomic E-state index is 13.4. The molecule has 0 aliphatic rings. The molecule has 0 fully saturated rings. The molecule has 0 aliphatic carbocycles. The number of rotatable bonds is 6. The van der Waals surface area contributed by atoms with Crippen molar-refractivity contribution in [1.82, 2.24) is 4.90 Å². The lowest BCUT2D eigenvalue weighted by Gasteiger charge is -2.28. The quantitative estimate of drug-likeness (QED) is 0.842. The molecule has 0 saturated carbocycles. The average molecular weight is 253 g/mol. The second-order valence-electron chi connectivity index (χ2n) is 5.50. The Morgan fingerprint density at radius 1 is 1.33 bits per heavy atom. The summed E-state index contributed by atoms with van der Waals surface area (Å²) in [7, 11) is 1.93. The van der Waals surface area contributed by atoms with Crippen LogP contribution in [0.4, 0.5) is 4.39 Å². The van der Waals surface area contributed by atoms with Gasteiger partial charge in [-0.15, -0.1) is 0 Å². The molecule has 0 amide bonds. The zero-order valence-corrected chi connectivity index (χ0v) is 11.8. The van der Waals surface area contributed by atoms with Crippen molar-refractivity contribution in [1.29, 1.82) is 0 Å². The van der Waals surface area contributed by atoms with Crippen LogP contribution in [0.3, 0.4) is 0 Å². The van der Waals surface area contributed by atoms with Gasteiger partial charge in [0.25, 0.3) is 0 Å². The monoisotopic (exact) mass is 253 g/mol. The van der Waals surface area contributed by atoms with Crippen molar-refractivity contribution in [2.45, 2.75) is 39.2 Å². The number of aliphatic hydroxyl groups is 1. The van der Waals surface area contributed by atoms with E-state index in [2.05, 4.69) is 20.8 Å². The smallest absolute Gasteiger partial charge is 0.123 e. The molecular formula is C15H24FNO. The Balaban J connectivity index is 3.04. The van der Waals surface area contributed by atoms with Gasteiger partial charge in [0.05, 0.1) is 6.61 Å². The summed E-state index contributed by atoms with van der Waals surface area (Å²) in [6.07, 6.45) is 1.01. The van der Waals surface area contributed by atoms with Crippen LogP contribution in [0.15, 0.2) is 18.2 Å². The summed E-state index contributed by atoms with van der Waals surface area (Å²) in [5.74, 6) is -0.196. The third-order valence-electron chi connectivity index (χ3n) is 3.60. The standard InChI is InChI=1S/C15H24FNO/c1-5-15(2,3)14-7-6-13(16)10-12(14)11-17(4)8-9-18/h6-7,10,18H,5,8-9,11H2,1-4H3. The highest BCUT2D eigenvalue weighted by atomic mass is 19.1. The SMILES string of the molecule is CCC(C)(C)c1ccc(F)cc1CN(C)CCO. The van der Waals surface area contributed by atoms with Gasteiger partial charge in [-0.2, -0.15) is 0 Å². The van der Waals surface area contributed by atoms with Gasteiger partial charge in [0, 0.05) is 13.1 Å². The summed E-state index contributed by atoms with van der Waals surface area (Å²) < 4.78 is 13.4. The van der Waals surface area contributed by atoms with Crippen LogP contribution < -0.4 is 0 Å². The van der Waals surface area contributed by atoms with Crippen LogP contribution in [-0.2, 0) is 12.0 Å². The Labute approximate surface area is 109 Å². The molecule has 1 rings (SSSR count). The van der Waals surface area contributed by atoms with E-state index in [1.54, 1.807) is 6.07 Å². The second kappa shape index (κ2) is 6.30. The second-order valence-corrected chi connectivity index (χ2v) is 5.50.